The molecule has 9 heteroatoms. The van der Waals surface area contributed by atoms with E-state index in [4.69, 9.17) is 16.0 Å². The number of aromatic nitrogens is 2. The van der Waals surface area contributed by atoms with Gasteiger partial charge in [0.15, 0.2) is 11.7 Å². The summed E-state index contributed by atoms with van der Waals surface area (Å²) in [6.07, 6.45) is 0.707. The van der Waals surface area contributed by atoms with Gasteiger partial charge in [-0.15, -0.1) is 5.10 Å². The molecule has 0 spiro atoms. The fourth-order valence-electron chi connectivity index (χ4n) is 2.86. The topological polar surface area (TPSA) is 88.3 Å². The number of nitrogens with one attached hydrogen (secondary N) is 1. The number of halogens is 1. The van der Waals surface area contributed by atoms with Gasteiger partial charge in [-0.3, -0.25) is 14.5 Å². The molecule has 1 N–H and O–H groups in total. The number of hydrogen-bond donors (Lipinski definition) is 1. The summed E-state index contributed by atoms with van der Waals surface area (Å²) in [5.41, 5.74) is 0.0189. The van der Waals surface area contributed by atoms with Crippen LogP contribution < -0.4 is 10.2 Å². The predicted molar refractivity (Wildman–Crippen MR) is 117 cm³/mol. The molecule has 1 atom stereocenters. The second kappa shape index (κ2) is 8.97. The van der Waals surface area contributed by atoms with E-state index in [1.807, 2.05) is 20.8 Å². The summed E-state index contributed by atoms with van der Waals surface area (Å²) in [4.78, 5) is 28.3. The van der Waals surface area contributed by atoms with Gasteiger partial charge in [-0.1, -0.05) is 35.1 Å². The number of aryl methyl sites for hydroxylation is 1. The molecule has 0 saturated heterocycles. The van der Waals surface area contributed by atoms with Crippen molar-refractivity contribution < 1.29 is 14.0 Å². The average Bonchev–Trinajstić information content (AvgIpc) is 3.38. The highest BCUT2D eigenvalue weighted by Crippen LogP contribution is 2.35. The molecule has 2 aromatic heterocycles. The van der Waals surface area contributed by atoms with Gasteiger partial charge in [0.25, 0.3) is 11.8 Å². The number of rotatable bonds is 7. The van der Waals surface area contributed by atoms with Crippen molar-refractivity contribution in [3.8, 4) is 0 Å². The number of anilines is 1. The van der Waals surface area contributed by atoms with Crippen LogP contribution in [0.1, 0.15) is 55.2 Å². The summed E-state index contributed by atoms with van der Waals surface area (Å²) in [6.45, 7) is 7.59. The van der Waals surface area contributed by atoms with E-state index < -0.39 is 17.5 Å². The molecule has 7 nitrogen and oxygen atoms in total. The van der Waals surface area contributed by atoms with E-state index in [9.17, 15) is 9.59 Å². The average molecular weight is 447 g/mol. The van der Waals surface area contributed by atoms with Crippen molar-refractivity contribution in [2.24, 2.45) is 0 Å². The molecule has 158 valence electrons. The smallest absolute Gasteiger partial charge is 0.280 e. The van der Waals surface area contributed by atoms with Crippen LogP contribution >= 0.6 is 23.1 Å². The number of hydrogen-bond acceptors (Lipinski definition) is 6. The maximum Gasteiger partial charge on any atom is 0.280 e. The first-order chi connectivity index (χ1) is 14.2. The maximum atomic E-state index is 13.5. The highest BCUT2D eigenvalue weighted by atomic mass is 35.5. The van der Waals surface area contributed by atoms with Crippen LogP contribution in [0.15, 0.2) is 46.2 Å². The van der Waals surface area contributed by atoms with Crippen LogP contribution in [0.5, 0.6) is 0 Å². The van der Waals surface area contributed by atoms with Crippen LogP contribution in [0.2, 0.25) is 5.02 Å². The highest BCUT2D eigenvalue weighted by Gasteiger charge is 2.38. The quantitative estimate of drug-likeness (QED) is 0.563. The van der Waals surface area contributed by atoms with E-state index in [0.29, 0.717) is 28.7 Å². The van der Waals surface area contributed by atoms with Crippen LogP contribution in [0.4, 0.5) is 5.69 Å². The fourth-order valence-corrected chi connectivity index (χ4v) is 3.52. The van der Waals surface area contributed by atoms with Gasteiger partial charge in [0.2, 0.25) is 0 Å². The summed E-state index contributed by atoms with van der Waals surface area (Å²) in [6, 6.07) is 9.20. The predicted octanol–water partition coefficient (Wildman–Crippen LogP) is 4.79. The van der Waals surface area contributed by atoms with E-state index in [0.717, 1.165) is 11.5 Å². The van der Waals surface area contributed by atoms with Gasteiger partial charge in [0.1, 0.15) is 11.5 Å². The number of carbonyl (C=O) groups is 2. The lowest BCUT2D eigenvalue weighted by Gasteiger charge is -2.33. The minimum atomic E-state index is -1.08. The molecular weight excluding hydrogens is 424 g/mol. The summed E-state index contributed by atoms with van der Waals surface area (Å²) in [5.74, 6) is 0.0702. The Morgan fingerprint density at radius 3 is 2.57 bits per heavy atom. The molecule has 2 amide bonds. The zero-order valence-electron chi connectivity index (χ0n) is 17.2. The number of para-hydroxylation sites is 1. The molecule has 3 aromatic rings. The standard InChI is InChI=1S/C21H23ClN4O3S/c1-5-21(3,4)23-19(27)18(17-11-10-13(2)29-17)26(16-9-7-6-8-14(16)22)20(28)15-12-30-25-24-15/h6-12,18H,5H2,1-4H3,(H,23,27)/t18-/m1/s1. The van der Waals surface area contributed by atoms with Gasteiger partial charge in [-0.05, 0) is 63.0 Å². The molecule has 2 heterocycles. The van der Waals surface area contributed by atoms with Crippen molar-refractivity contribution in [2.45, 2.75) is 45.7 Å². The third-order valence-corrected chi connectivity index (χ3v) is 5.62. The molecule has 0 aliphatic rings. The molecule has 3 rings (SSSR count). The van der Waals surface area contributed by atoms with Gasteiger partial charge in [0, 0.05) is 10.9 Å². The van der Waals surface area contributed by atoms with Crippen molar-refractivity contribution >= 4 is 40.6 Å². The number of amides is 2. The van der Waals surface area contributed by atoms with Crippen LogP contribution in [0, 0.1) is 6.92 Å². The van der Waals surface area contributed by atoms with Crippen LogP contribution in [-0.2, 0) is 4.79 Å². The molecule has 30 heavy (non-hydrogen) atoms. The first-order valence-electron chi connectivity index (χ1n) is 9.47. The minimum Gasteiger partial charge on any atom is -0.464 e. The number of carbonyl (C=O) groups excluding carboxylic acids is 2. The molecule has 0 aliphatic carbocycles. The van der Waals surface area contributed by atoms with E-state index in [-0.39, 0.29) is 11.6 Å². The molecule has 0 unspecified atom stereocenters. The second-order valence-corrected chi connectivity index (χ2v) is 8.51. The number of benzene rings is 1. The lowest BCUT2D eigenvalue weighted by atomic mass is 10.0. The fraction of sp³-hybridized carbons (Fsp3) is 0.333. The van der Waals surface area contributed by atoms with E-state index in [1.165, 1.54) is 10.3 Å². The Morgan fingerprint density at radius 1 is 1.27 bits per heavy atom. The van der Waals surface area contributed by atoms with Crippen LogP contribution in [0.3, 0.4) is 0 Å². The highest BCUT2D eigenvalue weighted by molar-refractivity contribution is 7.03. The van der Waals surface area contributed by atoms with Crippen molar-refractivity contribution in [1.29, 1.82) is 0 Å². The van der Waals surface area contributed by atoms with Crippen LogP contribution in [-0.4, -0.2) is 26.9 Å². The molecule has 0 bridgehead atoms. The summed E-state index contributed by atoms with van der Waals surface area (Å²) >= 11 is 7.49. The molecule has 1 aromatic carbocycles. The third-order valence-electron chi connectivity index (χ3n) is 4.79. The lowest BCUT2D eigenvalue weighted by molar-refractivity contribution is -0.124. The van der Waals surface area contributed by atoms with Crippen molar-refractivity contribution in [3.05, 3.63) is 64.0 Å². The minimum absolute atomic E-state index is 0.121. The van der Waals surface area contributed by atoms with Gasteiger partial charge < -0.3 is 9.73 Å². The molecule has 0 fully saturated rings. The first-order valence-corrected chi connectivity index (χ1v) is 10.7. The van der Waals surface area contributed by atoms with Crippen molar-refractivity contribution in [2.75, 3.05) is 4.90 Å². The number of nitrogens with zero attached hydrogens (tertiary/aromatic N) is 3. The second-order valence-electron chi connectivity index (χ2n) is 7.49. The van der Waals surface area contributed by atoms with E-state index in [2.05, 4.69) is 14.9 Å². The Kier molecular flexibility index (Phi) is 6.58. The number of furan rings is 1. The SMILES string of the molecule is CCC(C)(C)NC(=O)[C@@H](c1ccc(C)o1)N(C(=O)c1csnn1)c1ccccc1Cl. The third kappa shape index (κ3) is 4.71. The first kappa shape index (κ1) is 22.0. The van der Waals surface area contributed by atoms with Crippen molar-refractivity contribution in [1.82, 2.24) is 14.9 Å². The summed E-state index contributed by atoms with van der Waals surface area (Å²) in [5, 5.41) is 8.77. The molecule has 0 radical (unpaired) electrons. The van der Waals surface area contributed by atoms with Crippen LogP contribution in [0.25, 0.3) is 0 Å². The molecular formula is C21H23ClN4O3S. The zero-order valence-corrected chi connectivity index (χ0v) is 18.8. The monoisotopic (exact) mass is 446 g/mol. The van der Waals surface area contributed by atoms with Gasteiger partial charge in [-0.2, -0.15) is 0 Å². The van der Waals surface area contributed by atoms with Gasteiger partial charge in [0.05, 0.1) is 10.7 Å². The Morgan fingerprint density at radius 2 is 2.00 bits per heavy atom. The summed E-state index contributed by atoms with van der Waals surface area (Å²) in [7, 11) is 0. The molecule has 0 aliphatic heterocycles. The maximum absolute atomic E-state index is 13.5. The Balaban J connectivity index is 2.17. The lowest BCUT2D eigenvalue weighted by Crippen LogP contribution is -2.50. The van der Waals surface area contributed by atoms with E-state index in [1.54, 1.807) is 43.3 Å². The van der Waals surface area contributed by atoms with Gasteiger partial charge >= 0.3 is 0 Å². The largest absolute Gasteiger partial charge is 0.464 e. The Labute approximate surface area is 184 Å². The van der Waals surface area contributed by atoms with Crippen molar-refractivity contribution in [3.63, 3.8) is 0 Å². The Bertz CT molecular complexity index is 1030. The summed E-state index contributed by atoms with van der Waals surface area (Å²) < 4.78 is 9.58. The zero-order chi connectivity index (χ0) is 21.9. The van der Waals surface area contributed by atoms with E-state index >= 15 is 0 Å². The molecule has 0 saturated carbocycles. The normalized spacial score (nSPS) is 12.4. The Hall–Kier alpha value is -2.71. The van der Waals surface area contributed by atoms with Gasteiger partial charge in [-0.25, -0.2) is 0 Å².